The summed E-state index contributed by atoms with van der Waals surface area (Å²) in [6, 6.07) is 8.90. The van der Waals surface area contributed by atoms with Crippen LogP contribution in [-0.4, -0.2) is 22.8 Å². The lowest BCUT2D eigenvalue weighted by Gasteiger charge is -2.21. The lowest BCUT2D eigenvalue weighted by Crippen LogP contribution is -2.47. The van der Waals surface area contributed by atoms with Crippen LogP contribution < -0.4 is 10.6 Å². The van der Waals surface area contributed by atoms with Crippen molar-refractivity contribution in [2.45, 2.75) is 46.6 Å². The van der Waals surface area contributed by atoms with E-state index < -0.39 is 6.04 Å². The van der Waals surface area contributed by atoms with Crippen LogP contribution in [-0.2, 0) is 22.4 Å². The summed E-state index contributed by atoms with van der Waals surface area (Å²) >= 11 is 1.46. The SMILES string of the molecule is CCc1nc(NC(=O)C(NC(=O)Cc2ccccc2)C(C)C)sc1C. The molecule has 0 saturated heterocycles. The third kappa shape index (κ3) is 5.39. The maximum atomic E-state index is 12.6. The number of carbonyl (C=O) groups excluding carboxylic acids is 2. The topological polar surface area (TPSA) is 71.1 Å². The van der Waals surface area contributed by atoms with Crippen LogP contribution in [0.15, 0.2) is 30.3 Å². The first-order valence-corrected chi connectivity index (χ1v) is 9.32. The van der Waals surface area contributed by atoms with E-state index in [-0.39, 0.29) is 24.2 Å². The molecular weight excluding hydrogens is 334 g/mol. The van der Waals surface area contributed by atoms with Crippen LogP contribution in [0, 0.1) is 12.8 Å². The molecular formula is C19H25N3O2S. The lowest BCUT2D eigenvalue weighted by atomic mass is 10.0. The third-order valence-electron chi connectivity index (χ3n) is 3.93. The quantitative estimate of drug-likeness (QED) is 0.796. The van der Waals surface area contributed by atoms with Gasteiger partial charge in [-0.25, -0.2) is 4.98 Å². The van der Waals surface area contributed by atoms with E-state index in [1.807, 2.05) is 58.0 Å². The molecule has 5 nitrogen and oxygen atoms in total. The fourth-order valence-electron chi connectivity index (χ4n) is 2.53. The molecule has 1 aromatic heterocycles. The van der Waals surface area contributed by atoms with Gasteiger partial charge in [-0.3, -0.25) is 9.59 Å². The van der Waals surface area contributed by atoms with E-state index in [0.29, 0.717) is 5.13 Å². The Morgan fingerprint density at radius 2 is 1.88 bits per heavy atom. The number of hydrogen-bond donors (Lipinski definition) is 2. The van der Waals surface area contributed by atoms with Crippen molar-refractivity contribution in [3.05, 3.63) is 46.5 Å². The maximum absolute atomic E-state index is 12.6. The van der Waals surface area contributed by atoms with Crippen LogP contribution in [0.25, 0.3) is 0 Å². The number of benzene rings is 1. The van der Waals surface area contributed by atoms with E-state index in [1.54, 1.807) is 0 Å². The highest BCUT2D eigenvalue weighted by Gasteiger charge is 2.25. The van der Waals surface area contributed by atoms with Gasteiger partial charge in [-0.1, -0.05) is 51.1 Å². The Hall–Kier alpha value is -2.21. The fraction of sp³-hybridized carbons (Fsp3) is 0.421. The molecule has 0 aliphatic carbocycles. The Morgan fingerprint density at radius 3 is 2.44 bits per heavy atom. The van der Waals surface area contributed by atoms with Crippen molar-refractivity contribution >= 4 is 28.3 Å². The van der Waals surface area contributed by atoms with Gasteiger partial charge in [0, 0.05) is 4.88 Å². The second-order valence-corrected chi connectivity index (χ2v) is 7.52. The molecule has 2 N–H and O–H groups in total. The van der Waals surface area contributed by atoms with E-state index in [4.69, 9.17) is 0 Å². The summed E-state index contributed by atoms with van der Waals surface area (Å²) in [4.78, 5) is 30.4. The molecule has 0 bridgehead atoms. The number of thiazole rings is 1. The molecule has 0 spiro atoms. The number of hydrogen-bond acceptors (Lipinski definition) is 4. The van der Waals surface area contributed by atoms with Crippen molar-refractivity contribution in [3.63, 3.8) is 0 Å². The molecule has 0 radical (unpaired) electrons. The molecule has 0 fully saturated rings. The highest BCUT2D eigenvalue weighted by atomic mass is 32.1. The van der Waals surface area contributed by atoms with Crippen molar-refractivity contribution in [1.82, 2.24) is 10.3 Å². The number of nitrogens with zero attached hydrogens (tertiary/aromatic N) is 1. The summed E-state index contributed by atoms with van der Waals surface area (Å²) in [6.07, 6.45) is 1.09. The molecule has 0 aliphatic rings. The van der Waals surface area contributed by atoms with Crippen molar-refractivity contribution < 1.29 is 9.59 Å². The molecule has 2 aromatic rings. The normalized spacial score (nSPS) is 12.0. The van der Waals surface area contributed by atoms with Crippen molar-refractivity contribution in [2.75, 3.05) is 5.32 Å². The van der Waals surface area contributed by atoms with E-state index in [2.05, 4.69) is 15.6 Å². The highest BCUT2D eigenvalue weighted by molar-refractivity contribution is 7.15. The second-order valence-electron chi connectivity index (χ2n) is 6.32. The number of amides is 2. The Bertz CT molecular complexity index is 726. The molecule has 0 aliphatic heterocycles. The van der Waals surface area contributed by atoms with E-state index in [1.165, 1.54) is 11.3 Å². The molecule has 1 aromatic carbocycles. The minimum absolute atomic E-state index is 0.0218. The number of nitrogens with one attached hydrogen (secondary N) is 2. The number of carbonyl (C=O) groups is 2. The summed E-state index contributed by atoms with van der Waals surface area (Å²) in [7, 11) is 0. The zero-order chi connectivity index (χ0) is 18.4. The van der Waals surface area contributed by atoms with Crippen LogP contribution in [0.2, 0.25) is 0 Å². The second kappa shape index (κ2) is 8.76. The van der Waals surface area contributed by atoms with Gasteiger partial charge in [0.25, 0.3) is 0 Å². The van der Waals surface area contributed by atoms with Gasteiger partial charge in [0.15, 0.2) is 5.13 Å². The zero-order valence-corrected chi connectivity index (χ0v) is 15.9. The molecule has 25 heavy (non-hydrogen) atoms. The van der Waals surface area contributed by atoms with Crippen LogP contribution in [0.3, 0.4) is 0 Å². The Labute approximate surface area is 152 Å². The van der Waals surface area contributed by atoms with Crippen LogP contribution in [0.4, 0.5) is 5.13 Å². The predicted molar refractivity (Wildman–Crippen MR) is 102 cm³/mol. The standard InChI is InChI=1S/C19H25N3O2S/c1-5-15-13(4)25-19(20-15)22-18(24)17(12(2)3)21-16(23)11-14-9-7-6-8-10-14/h6-10,12,17H,5,11H2,1-4H3,(H,21,23)(H,20,22,24). The minimum atomic E-state index is -0.592. The summed E-state index contributed by atoms with van der Waals surface area (Å²) in [5.41, 5.74) is 1.92. The molecule has 2 rings (SSSR count). The van der Waals surface area contributed by atoms with E-state index in [0.717, 1.165) is 22.6 Å². The summed E-state index contributed by atoms with van der Waals surface area (Å²) in [5, 5.41) is 6.27. The van der Waals surface area contributed by atoms with E-state index in [9.17, 15) is 9.59 Å². The number of aryl methyl sites for hydroxylation is 2. The van der Waals surface area contributed by atoms with Crippen molar-refractivity contribution in [2.24, 2.45) is 5.92 Å². The number of rotatable bonds is 7. The predicted octanol–water partition coefficient (Wildman–Crippen LogP) is 3.34. The molecule has 2 amide bonds. The van der Waals surface area contributed by atoms with Crippen molar-refractivity contribution in [3.8, 4) is 0 Å². The monoisotopic (exact) mass is 359 g/mol. The van der Waals surface area contributed by atoms with Gasteiger partial charge in [0.1, 0.15) is 6.04 Å². The number of aromatic nitrogens is 1. The molecule has 1 heterocycles. The summed E-state index contributed by atoms with van der Waals surface area (Å²) < 4.78 is 0. The Morgan fingerprint density at radius 1 is 1.20 bits per heavy atom. The molecule has 1 unspecified atom stereocenters. The fourth-order valence-corrected chi connectivity index (χ4v) is 3.44. The first-order chi connectivity index (χ1) is 11.9. The zero-order valence-electron chi connectivity index (χ0n) is 15.1. The molecule has 134 valence electrons. The first-order valence-electron chi connectivity index (χ1n) is 8.51. The smallest absolute Gasteiger partial charge is 0.248 e. The lowest BCUT2D eigenvalue weighted by molar-refractivity contribution is -0.127. The van der Waals surface area contributed by atoms with Gasteiger partial charge in [0.05, 0.1) is 12.1 Å². The molecule has 0 saturated carbocycles. The van der Waals surface area contributed by atoms with E-state index >= 15 is 0 Å². The van der Waals surface area contributed by atoms with Gasteiger partial charge < -0.3 is 10.6 Å². The largest absolute Gasteiger partial charge is 0.344 e. The average Bonchev–Trinajstić information content (AvgIpc) is 2.92. The minimum Gasteiger partial charge on any atom is -0.344 e. The Balaban J connectivity index is 2.01. The summed E-state index contributed by atoms with van der Waals surface area (Å²) in [5.74, 6) is -0.413. The van der Waals surface area contributed by atoms with Gasteiger partial charge in [-0.05, 0) is 24.8 Å². The third-order valence-corrected chi connectivity index (χ3v) is 4.86. The summed E-state index contributed by atoms with van der Waals surface area (Å²) in [6.45, 7) is 7.86. The van der Waals surface area contributed by atoms with Crippen LogP contribution in [0.5, 0.6) is 0 Å². The van der Waals surface area contributed by atoms with Gasteiger partial charge in [0.2, 0.25) is 11.8 Å². The van der Waals surface area contributed by atoms with Crippen molar-refractivity contribution in [1.29, 1.82) is 0 Å². The van der Waals surface area contributed by atoms with Gasteiger partial charge in [-0.2, -0.15) is 0 Å². The van der Waals surface area contributed by atoms with Gasteiger partial charge in [-0.15, -0.1) is 11.3 Å². The maximum Gasteiger partial charge on any atom is 0.248 e. The number of anilines is 1. The molecule has 1 atom stereocenters. The highest BCUT2D eigenvalue weighted by Crippen LogP contribution is 2.22. The van der Waals surface area contributed by atoms with Crippen LogP contribution >= 0.6 is 11.3 Å². The molecule has 6 heteroatoms. The van der Waals surface area contributed by atoms with Crippen LogP contribution in [0.1, 0.15) is 36.9 Å². The first kappa shape index (κ1) is 19.1. The Kier molecular flexibility index (Phi) is 6.70. The average molecular weight is 359 g/mol. The van der Waals surface area contributed by atoms with Gasteiger partial charge >= 0.3 is 0 Å².